The van der Waals surface area contributed by atoms with Gasteiger partial charge < -0.3 is 4.90 Å². The third-order valence-corrected chi connectivity index (χ3v) is 4.10. The van der Waals surface area contributed by atoms with Gasteiger partial charge in [-0.05, 0) is 49.3 Å². The van der Waals surface area contributed by atoms with Crippen molar-refractivity contribution in [2.45, 2.75) is 31.9 Å². The lowest BCUT2D eigenvalue weighted by Gasteiger charge is -2.32. The first-order valence-corrected chi connectivity index (χ1v) is 7.47. The molecule has 5 heteroatoms. The van der Waals surface area contributed by atoms with Crippen LogP contribution in [0, 0.1) is 5.92 Å². The Morgan fingerprint density at radius 3 is 2.86 bits per heavy atom. The van der Waals surface area contributed by atoms with Crippen LogP contribution >= 0.6 is 0 Å². The Labute approximate surface area is 128 Å². The molecular formula is C17H20F3NO. The molecule has 1 aromatic rings. The van der Waals surface area contributed by atoms with Crippen molar-refractivity contribution in [3.63, 3.8) is 0 Å². The molecule has 120 valence electrons. The molecule has 0 saturated carbocycles. The molecule has 1 saturated heterocycles. The highest BCUT2D eigenvalue weighted by Crippen LogP contribution is 2.30. The van der Waals surface area contributed by atoms with Gasteiger partial charge in [-0.3, -0.25) is 4.79 Å². The molecule has 2 nitrogen and oxygen atoms in total. The zero-order chi connectivity index (χ0) is 16.2. The maximum Gasteiger partial charge on any atom is 0.416 e. The minimum Gasteiger partial charge on any atom is -0.339 e. The summed E-state index contributed by atoms with van der Waals surface area (Å²) in [6.07, 6.45) is 0.364. The number of benzene rings is 1. The van der Waals surface area contributed by atoms with Gasteiger partial charge in [0.2, 0.25) is 5.91 Å². The van der Waals surface area contributed by atoms with Crippen LogP contribution in [0.2, 0.25) is 0 Å². The second-order valence-electron chi connectivity index (χ2n) is 5.73. The van der Waals surface area contributed by atoms with E-state index in [9.17, 15) is 18.0 Å². The summed E-state index contributed by atoms with van der Waals surface area (Å²) < 4.78 is 38.1. The number of nitrogens with zero attached hydrogens (tertiary/aromatic N) is 1. The molecule has 2 rings (SSSR count). The third kappa shape index (κ3) is 4.36. The van der Waals surface area contributed by atoms with Gasteiger partial charge in [-0.15, -0.1) is 0 Å². The largest absolute Gasteiger partial charge is 0.416 e. The van der Waals surface area contributed by atoms with Gasteiger partial charge in [-0.25, -0.2) is 0 Å². The number of likely N-dealkylation sites (tertiary alicyclic amines) is 1. The van der Waals surface area contributed by atoms with Crippen molar-refractivity contribution in [3.8, 4) is 0 Å². The van der Waals surface area contributed by atoms with Crippen LogP contribution in [0.4, 0.5) is 13.2 Å². The van der Waals surface area contributed by atoms with Crippen LogP contribution in [0.5, 0.6) is 0 Å². The van der Waals surface area contributed by atoms with Gasteiger partial charge in [-0.2, -0.15) is 13.2 Å². The predicted octanol–water partition coefficient (Wildman–Crippen LogP) is 4.06. The lowest BCUT2D eigenvalue weighted by Crippen LogP contribution is -2.39. The summed E-state index contributed by atoms with van der Waals surface area (Å²) in [6.45, 7) is 4.90. The normalized spacial score (nSPS) is 19.0. The number of hydrogen-bond donors (Lipinski definition) is 0. The van der Waals surface area contributed by atoms with Crippen LogP contribution in [0.25, 0.3) is 0 Å². The third-order valence-electron chi connectivity index (χ3n) is 4.10. The van der Waals surface area contributed by atoms with Gasteiger partial charge in [0.25, 0.3) is 0 Å². The van der Waals surface area contributed by atoms with Crippen molar-refractivity contribution in [1.82, 2.24) is 4.90 Å². The average molecular weight is 311 g/mol. The molecule has 1 heterocycles. The first kappa shape index (κ1) is 16.6. The highest BCUT2D eigenvalue weighted by atomic mass is 19.4. The molecule has 0 unspecified atom stereocenters. The monoisotopic (exact) mass is 311 g/mol. The van der Waals surface area contributed by atoms with Crippen molar-refractivity contribution < 1.29 is 18.0 Å². The summed E-state index contributed by atoms with van der Waals surface area (Å²) in [5.41, 5.74) is 0.0964. The maximum absolute atomic E-state index is 12.7. The van der Waals surface area contributed by atoms with Gasteiger partial charge in [-0.1, -0.05) is 24.8 Å². The van der Waals surface area contributed by atoms with Crippen LogP contribution in [-0.2, 0) is 17.4 Å². The minimum atomic E-state index is -4.30. The fourth-order valence-electron chi connectivity index (χ4n) is 2.90. The van der Waals surface area contributed by atoms with E-state index in [0.29, 0.717) is 24.4 Å². The smallest absolute Gasteiger partial charge is 0.339 e. The van der Waals surface area contributed by atoms with Gasteiger partial charge >= 0.3 is 6.18 Å². The Morgan fingerprint density at radius 2 is 2.18 bits per heavy atom. The molecule has 22 heavy (non-hydrogen) atoms. The molecule has 1 fully saturated rings. The molecule has 0 N–H and O–H groups in total. The van der Waals surface area contributed by atoms with E-state index in [1.165, 1.54) is 18.2 Å². The van der Waals surface area contributed by atoms with Crippen molar-refractivity contribution >= 4 is 5.91 Å². The zero-order valence-electron chi connectivity index (χ0n) is 12.4. The summed E-state index contributed by atoms with van der Waals surface area (Å²) in [5.74, 6) is 0.274. The number of hydrogen-bond acceptors (Lipinski definition) is 1. The molecular weight excluding hydrogens is 291 g/mol. The number of halogens is 3. The Kier molecular flexibility index (Phi) is 5.27. The maximum atomic E-state index is 12.7. The fourth-order valence-corrected chi connectivity index (χ4v) is 2.90. The topological polar surface area (TPSA) is 20.3 Å². The summed E-state index contributed by atoms with van der Waals surface area (Å²) in [4.78, 5) is 13.4. The van der Waals surface area contributed by atoms with E-state index in [1.54, 1.807) is 11.0 Å². The predicted molar refractivity (Wildman–Crippen MR) is 79.3 cm³/mol. The number of aryl methyl sites for hydroxylation is 1. The summed E-state index contributed by atoms with van der Waals surface area (Å²) in [7, 11) is 0. The molecule has 1 aliphatic heterocycles. The van der Waals surface area contributed by atoms with E-state index in [0.717, 1.165) is 31.9 Å². The van der Waals surface area contributed by atoms with Crippen LogP contribution in [0.15, 0.2) is 36.9 Å². The minimum absolute atomic E-state index is 0.0660. The summed E-state index contributed by atoms with van der Waals surface area (Å²) in [6, 6.07) is 5.49. The number of alkyl halides is 3. The fraction of sp³-hybridized carbons (Fsp3) is 0.471. The van der Waals surface area contributed by atoms with E-state index < -0.39 is 11.7 Å². The highest BCUT2D eigenvalue weighted by molar-refractivity contribution is 5.87. The summed E-state index contributed by atoms with van der Waals surface area (Å²) in [5, 5.41) is 0. The lowest BCUT2D eigenvalue weighted by atomic mass is 9.91. The van der Waals surface area contributed by atoms with Gasteiger partial charge in [0.15, 0.2) is 0 Å². The number of carbonyl (C=O) groups is 1. The van der Waals surface area contributed by atoms with Crippen molar-refractivity contribution in [2.24, 2.45) is 5.92 Å². The second-order valence-corrected chi connectivity index (χ2v) is 5.73. The van der Waals surface area contributed by atoms with E-state index in [-0.39, 0.29) is 5.91 Å². The van der Waals surface area contributed by atoms with Gasteiger partial charge in [0.1, 0.15) is 0 Å². The Balaban J connectivity index is 1.93. The zero-order valence-corrected chi connectivity index (χ0v) is 12.4. The first-order chi connectivity index (χ1) is 10.4. The standard InChI is InChI=1S/C17H20F3NO/c1-2-16(22)21-10-4-6-14(12-21)9-8-13-5-3-7-15(11-13)17(18,19)20/h2-3,5,7,11,14H,1,4,6,8-10,12H2/t14-/m0/s1. The van der Waals surface area contributed by atoms with Gasteiger partial charge in [0.05, 0.1) is 5.56 Å². The van der Waals surface area contributed by atoms with E-state index in [2.05, 4.69) is 6.58 Å². The van der Waals surface area contributed by atoms with Crippen LogP contribution in [0.3, 0.4) is 0 Å². The molecule has 1 aliphatic rings. The number of carbonyl (C=O) groups excluding carboxylic acids is 1. The number of rotatable bonds is 4. The van der Waals surface area contributed by atoms with E-state index >= 15 is 0 Å². The van der Waals surface area contributed by atoms with Crippen molar-refractivity contribution in [3.05, 3.63) is 48.0 Å². The Bertz CT molecular complexity index is 539. The molecule has 0 bridgehead atoms. The average Bonchev–Trinajstić information content (AvgIpc) is 2.52. The molecule has 1 aromatic carbocycles. The van der Waals surface area contributed by atoms with Gasteiger partial charge in [0, 0.05) is 13.1 Å². The SMILES string of the molecule is C=CC(=O)N1CCC[C@@H](CCc2cccc(C(F)(F)F)c2)C1. The Morgan fingerprint density at radius 1 is 1.41 bits per heavy atom. The highest BCUT2D eigenvalue weighted by Gasteiger charge is 2.30. The summed E-state index contributed by atoms with van der Waals surface area (Å²) >= 11 is 0. The van der Waals surface area contributed by atoms with E-state index in [1.807, 2.05) is 0 Å². The molecule has 1 amide bonds. The van der Waals surface area contributed by atoms with E-state index in [4.69, 9.17) is 0 Å². The molecule has 0 aliphatic carbocycles. The molecule has 0 spiro atoms. The van der Waals surface area contributed by atoms with Crippen molar-refractivity contribution in [1.29, 1.82) is 0 Å². The number of piperidine rings is 1. The van der Waals surface area contributed by atoms with Crippen LogP contribution in [0.1, 0.15) is 30.4 Å². The molecule has 0 aromatic heterocycles. The lowest BCUT2D eigenvalue weighted by molar-refractivity contribution is -0.137. The van der Waals surface area contributed by atoms with Crippen LogP contribution < -0.4 is 0 Å². The quantitative estimate of drug-likeness (QED) is 0.768. The first-order valence-electron chi connectivity index (χ1n) is 7.47. The van der Waals surface area contributed by atoms with Crippen LogP contribution in [-0.4, -0.2) is 23.9 Å². The van der Waals surface area contributed by atoms with Crippen molar-refractivity contribution in [2.75, 3.05) is 13.1 Å². The second kappa shape index (κ2) is 6.99. The molecule has 1 atom stereocenters. The molecule has 0 radical (unpaired) electrons. The number of amides is 1. The Hall–Kier alpha value is -1.78.